The minimum atomic E-state index is -1.22. The first kappa shape index (κ1) is 21.1. The van der Waals surface area contributed by atoms with E-state index in [1.54, 1.807) is 36.1 Å². The summed E-state index contributed by atoms with van der Waals surface area (Å²) >= 11 is 0. The molecule has 1 aromatic heterocycles. The Morgan fingerprint density at radius 1 is 1.00 bits per heavy atom. The van der Waals surface area contributed by atoms with Crippen molar-refractivity contribution in [3.8, 4) is 0 Å². The number of fused-ring (bicyclic) bond motifs is 5. The molecule has 1 atom stereocenters. The number of carbonyl (C=O) groups is 3. The van der Waals surface area contributed by atoms with E-state index in [2.05, 4.69) is 10.3 Å². The summed E-state index contributed by atoms with van der Waals surface area (Å²) in [4.78, 5) is 46.7. The highest BCUT2D eigenvalue weighted by Gasteiger charge is 2.59. The van der Waals surface area contributed by atoms with Gasteiger partial charge in [-0.2, -0.15) is 0 Å². The van der Waals surface area contributed by atoms with Gasteiger partial charge in [0.15, 0.2) is 5.54 Å². The molecule has 2 N–H and O–H groups in total. The van der Waals surface area contributed by atoms with Gasteiger partial charge in [0.2, 0.25) is 0 Å². The van der Waals surface area contributed by atoms with Crippen molar-refractivity contribution in [1.82, 2.24) is 9.88 Å². The van der Waals surface area contributed by atoms with Gasteiger partial charge in [0.25, 0.3) is 11.8 Å². The number of benzene rings is 3. The smallest absolute Gasteiger partial charge is 0.332 e. The Labute approximate surface area is 200 Å². The number of amides is 4. The van der Waals surface area contributed by atoms with E-state index in [1.165, 1.54) is 24.3 Å². The van der Waals surface area contributed by atoms with E-state index < -0.39 is 29.2 Å². The third-order valence-electron chi connectivity index (χ3n) is 6.96. The third-order valence-corrected chi connectivity index (χ3v) is 6.96. The minimum absolute atomic E-state index is 0.166. The molecule has 3 heterocycles. The number of aromatic nitrogens is 1. The second-order valence-electron chi connectivity index (χ2n) is 8.90. The molecule has 1 saturated heterocycles. The molecule has 0 saturated carbocycles. The van der Waals surface area contributed by atoms with E-state index in [-0.39, 0.29) is 11.3 Å². The maximum absolute atomic E-state index is 14.0. The van der Waals surface area contributed by atoms with Gasteiger partial charge in [0.05, 0.1) is 16.9 Å². The van der Waals surface area contributed by atoms with Gasteiger partial charge >= 0.3 is 6.03 Å². The Balaban J connectivity index is 1.41. The molecule has 174 valence electrons. The van der Waals surface area contributed by atoms with Crippen LogP contribution in [0.25, 0.3) is 10.9 Å². The highest BCUT2D eigenvalue weighted by molar-refractivity contribution is 6.26. The van der Waals surface area contributed by atoms with E-state index >= 15 is 0 Å². The lowest BCUT2D eigenvalue weighted by atomic mass is 9.87. The molecule has 0 aliphatic carbocycles. The number of anilines is 2. The molecule has 6 rings (SSSR count). The maximum Gasteiger partial charge on any atom is 0.332 e. The van der Waals surface area contributed by atoms with Crippen LogP contribution >= 0.6 is 0 Å². The van der Waals surface area contributed by atoms with E-state index in [4.69, 9.17) is 0 Å². The molecule has 35 heavy (non-hydrogen) atoms. The van der Waals surface area contributed by atoms with Gasteiger partial charge in [0.1, 0.15) is 5.82 Å². The maximum atomic E-state index is 14.0. The summed E-state index contributed by atoms with van der Waals surface area (Å²) in [6, 6.07) is 19.2. The lowest BCUT2D eigenvalue weighted by Crippen LogP contribution is -2.49. The largest absolute Gasteiger partial charge is 0.356 e. The standard InChI is InChI=1S/C27H21FN4O3/c1-27-23-19(18-6-2-4-8-21(18)30-23)14-15-31(27)26(35)32(25(27)34)22-9-5-3-7-20(22)24(33)29-17-12-10-16(28)11-13-17/h2-13,30H,14-15H2,1H3,(H,29,33). The van der Waals surface area contributed by atoms with Gasteiger partial charge in [-0.3, -0.25) is 9.59 Å². The number of aromatic amines is 1. The van der Waals surface area contributed by atoms with Crippen LogP contribution in [0.2, 0.25) is 0 Å². The number of urea groups is 1. The molecule has 0 bridgehead atoms. The number of hydrogen-bond donors (Lipinski definition) is 2. The molecule has 3 aromatic carbocycles. The minimum Gasteiger partial charge on any atom is -0.356 e. The number of para-hydroxylation sites is 2. The van der Waals surface area contributed by atoms with Gasteiger partial charge in [-0.1, -0.05) is 30.3 Å². The first-order valence-corrected chi connectivity index (χ1v) is 11.3. The normalized spacial score (nSPS) is 19.1. The number of nitrogens with zero attached hydrogens (tertiary/aromatic N) is 2. The molecule has 2 aliphatic heterocycles. The summed E-state index contributed by atoms with van der Waals surface area (Å²) in [5.74, 6) is -1.34. The predicted octanol–water partition coefficient (Wildman–Crippen LogP) is 4.80. The van der Waals surface area contributed by atoms with Gasteiger partial charge in [-0.25, -0.2) is 14.1 Å². The lowest BCUT2D eigenvalue weighted by molar-refractivity contribution is -0.125. The summed E-state index contributed by atoms with van der Waals surface area (Å²) in [5.41, 5.74) is 2.21. The van der Waals surface area contributed by atoms with Crippen LogP contribution < -0.4 is 10.2 Å². The van der Waals surface area contributed by atoms with Crippen LogP contribution in [0.15, 0.2) is 72.8 Å². The van der Waals surface area contributed by atoms with Crippen molar-refractivity contribution in [2.45, 2.75) is 18.9 Å². The Morgan fingerprint density at radius 2 is 1.71 bits per heavy atom. The zero-order chi connectivity index (χ0) is 24.3. The van der Waals surface area contributed by atoms with Crippen LogP contribution in [-0.2, 0) is 16.8 Å². The van der Waals surface area contributed by atoms with Crippen molar-refractivity contribution < 1.29 is 18.8 Å². The molecule has 4 aromatic rings. The zero-order valence-corrected chi connectivity index (χ0v) is 18.8. The van der Waals surface area contributed by atoms with Crippen molar-refractivity contribution in [3.63, 3.8) is 0 Å². The van der Waals surface area contributed by atoms with Crippen molar-refractivity contribution in [2.24, 2.45) is 0 Å². The second kappa shape index (κ2) is 7.53. The summed E-state index contributed by atoms with van der Waals surface area (Å²) in [6.07, 6.45) is 0.620. The van der Waals surface area contributed by atoms with Crippen LogP contribution in [0.1, 0.15) is 28.5 Å². The van der Waals surface area contributed by atoms with Crippen LogP contribution in [-0.4, -0.2) is 34.3 Å². The van der Waals surface area contributed by atoms with Crippen molar-refractivity contribution in [3.05, 3.63) is 95.4 Å². The molecular weight excluding hydrogens is 447 g/mol. The van der Waals surface area contributed by atoms with E-state index in [1.807, 2.05) is 24.3 Å². The molecule has 1 fully saturated rings. The van der Waals surface area contributed by atoms with E-state index in [0.717, 1.165) is 21.4 Å². The summed E-state index contributed by atoms with van der Waals surface area (Å²) in [7, 11) is 0. The van der Waals surface area contributed by atoms with Crippen molar-refractivity contribution >= 4 is 40.1 Å². The number of H-pyrrole nitrogens is 1. The molecule has 0 spiro atoms. The molecule has 7 nitrogen and oxygen atoms in total. The van der Waals surface area contributed by atoms with Crippen LogP contribution in [0.3, 0.4) is 0 Å². The highest BCUT2D eigenvalue weighted by atomic mass is 19.1. The third kappa shape index (κ3) is 2.99. The molecule has 8 heteroatoms. The number of nitrogens with one attached hydrogen (secondary N) is 2. The number of halogens is 1. The van der Waals surface area contributed by atoms with Gasteiger partial charge in [0, 0.05) is 23.1 Å². The fourth-order valence-electron chi connectivity index (χ4n) is 5.20. The van der Waals surface area contributed by atoms with Gasteiger partial charge < -0.3 is 15.2 Å². The Bertz CT molecular complexity index is 1530. The summed E-state index contributed by atoms with van der Waals surface area (Å²) in [5, 5.41) is 3.75. The Hall–Kier alpha value is -4.46. The van der Waals surface area contributed by atoms with Crippen LogP contribution in [0.5, 0.6) is 0 Å². The monoisotopic (exact) mass is 468 g/mol. The summed E-state index contributed by atoms with van der Waals surface area (Å²) in [6.45, 7) is 2.14. The first-order chi connectivity index (χ1) is 16.9. The molecular formula is C27H21FN4O3. The average Bonchev–Trinajstić information content (AvgIpc) is 3.34. The van der Waals surface area contributed by atoms with E-state index in [9.17, 15) is 18.8 Å². The average molecular weight is 468 g/mol. The molecule has 0 radical (unpaired) electrons. The SMILES string of the molecule is CC12C(=O)N(c3ccccc3C(=O)Nc3ccc(F)cc3)C(=O)N1CCc1c2[nH]c2ccccc12. The number of hydrogen-bond acceptors (Lipinski definition) is 3. The fraction of sp³-hybridized carbons (Fsp3) is 0.148. The molecule has 2 aliphatic rings. The Morgan fingerprint density at radius 3 is 2.51 bits per heavy atom. The number of carbonyl (C=O) groups excluding carboxylic acids is 3. The summed E-state index contributed by atoms with van der Waals surface area (Å²) < 4.78 is 13.3. The quantitative estimate of drug-likeness (QED) is 0.424. The van der Waals surface area contributed by atoms with Crippen LogP contribution in [0, 0.1) is 5.82 Å². The lowest BCUT2D eigenvalue weighted by Gasteiger charge is -2.35. The highest BCUT2D eigenvalue weighted by Crippen LogP contribution is 2.45. The van der Waals surface area contributed by atoms with Crippen molar-refractivity contribution in [1.29, 1.82) is 0 Å². The van der Waals surface area contributed by atoms with Crippen LogP contribution in [0.4, 0.5) is 20.6 Å². The second-order valence-corrected chi connectivity index (χ2v) is 8.90. The van der Waals surface area contributed by atoms with Gasteiger partial charge in [-0.15, -0.1) is 0 Å². The van der Waals surface area contributed by atoms with E-state index in [0.29, 0.717) is 24.3 Å². The molecule has 1 unspecified atom stereocenters. The first-order valence-electron chi connectivity index (χ1n) is 11.3. The number of imide groups is 1. The van der Waals surface area contributed by atoms with Crippen molar-refractivity contribution in [2.75, 3.05) is 16.8 Å². The fourth-order valence-corrected chi connectivity index (χ4v) is 5.20. The number of rotatable bonds is 3. The molecule has 4 amide bonds. The predicted molar refractivity (Wildman–Crippen MR) is 130 cm³/mol. The van der Waals surface area contributed by atoms with Gasteiger partial charge in [-0.05, 0) is 61.4 Å². The Kier molecular flexibility index (Phi) is 4.54. The topological polar surface area (TPSA) is 85.5 Å². The zero-order valence-electron chi connectivity index (χ0n) is 18.8.